The minimum Gasteiger partial charge on any atom is -0.384 e. The van der Waals surface area contributed by atoms with E-state index in [1.807, 2.05) is 6.92 Å². The van der Waals surface area contributed by atoms with Crippen molar-refractivity contribution in [1.82, 2.24) is 19.3 Å². The summed E-state index contributed by atoms with van der Waals surface area (Å²) >= 11 is 2.83. The Kier molecular flexibility index (Phi) is 3.54. The molecule has 0 aliphatic rings. The van der Waals surface area contributed by atoms with E-state index < -0.39 is 0 Å². The lowest BCUT2D eigenvalue weighted by atomic mass is 9.96. The highest BCUT2D eigenvalue weighted by molar-refractivity contribution is 8.00. The molecule has 2 aromatic rings. The molecule has 0 amide bonds. The summed E-state index contributed by atoms with van der Waals surface area (Å²) in [4.78, 5) is 13.1. The van der Waals surface area contributed by atoms with Crippen molar-refractivity contribution in [2.24, 2.45) is 0 Å². The number of nitrogens with two attached hydrogens (primary N) is 1. The summed E-state index contributed by atoms with van der Waals surface area (Å²) in [5.74, 6) is 2.01. The largest absolute Gasteiger partial charge is 0.384 e. The number of nitrogens with zero attached hydrogens (tertiary/aromatic N) is 4. The van der Waals surface area contributed by atoms with Gasteiger partial charge in [0.05, 0.1) is 0 Å². The van der Waals surface area contributed by atoms with Crippen LogP contribution >= 0.6 is 23.3 Å². The van der Waals surface area contributed by atoms with Gasteiger partial charge in [-0.2, -0.15) is 4.37 Å². The van der Waals surface area contributed by atoms with E-state index in [9.17, 15) is 0 Å². The average Bonchev–Trinajstić information content (AvgIpc) is 2.61. The van der Waals surface area contributed by atoms with Gasteiger partial charge in [0.2, 0.25) is 0 Å². The molecular formula is C11H15N5S2. The predicted molar refractivity (Wildman–Crippen MR) is 73.9 cm³/mol. The minimum atomic E-state index is -0.123. The molecule has 0 unspecified atom stereocenters. The smallest absolute Gasteiger partial charge is 0.176 e. The molecular weight excluding hydrogens is 266 g/mol. The van der Waals surface area contributed by atoms with Crippen LogP contribution in [-0.4, -0.2) is 19.3 Å². The van der Waals surface area contributed by atoms with E-state index in [1.165, 1.54) is 23.3 Å². The highest BCUT2D eigenvalue weighted by atomic mass is 32.2. The summed E-state index contributed by atoms with van der Waals surface area (Å²) in [5, 5.41) is 0.809. The third kappa shape index (κ3) is 3.17. The van der Waals surface area contributed by atoms with E-state index in [2.05, 4.69) is 40.1 Å². The number of rotatable bonds is 2. The fraction of sp³-hybridized carbons (Fsp3) is 0.455. The SMILES string of the molecule is Cc1nsc(Sc2cc(N)nc(C(C)(C)C)n2)n1. The zero-order valence-electron chi connectivity index (χ0n) is 10.8. The third-order valence-electron chi connectivity index (χ3n) is 2.09. The van der Waals surface area contributed by atoms with E-state index in [0.717, 1.165) is 21.0 Å². The quantitative estimate of drug-likeness (QED) is 0.853. The molecule has 0 saturated heterocycles. The molecule has 0 spiro atoms. The standard InChI is InChI=1S/C11H15N5S2/c1-6-13-10(18-16-6)17-8-5-7(12)14-9(15-8)11(2,3)4/h5H,1-4H3,(H2,12,14,15). The normalized spacial score (nSPS) is 11.8. The number of hydrogen-bond donors (Lipinski definition) is 1. The maximum atomic E-state index is 5.82. The van der Waals surface area contributed by atoms with Crippen molar-refractivity contribution in [2.75, 3.05) is 5.73 Å². The Morgan fingerprint density at radius 3 is 2.50 bits per heavy atom. The number of anilines is 1. The zero-order valence-corrected chi connectivity index (χ0v) is 12.4. The van der Waals surface area contributed by atoms with Crippen molar-refractivity contribution in [3.63, 3.8) is 0 Å². The lowest BCUT2D eigenvalue weighted by molar-refractivity contribution is 0.540. The van der Waals surface area contributed by atoms with E-state index >= 15 is 0 Å². The molecule has 0 aliphatic heterocycles. The van der Waals surface area contributed by atoms with Crippen LogP contribution in [0.3, 0.4) is 0 Å². The van der Waals surface area contributed by atoms with Gasteiger partial charge in [0.15, 0.2) is 4.34 Å². The van der Waals surface area contributed by atoms with Gasteiger partial charge in [0.1, 0.15) is 22.5 Å². The van der Waals surface area contributed by atoms with Crippen molar-refractivity contribution in [3.8, 4) is 0 Å². The van der Waals surface area contributed by atoms with Gasteiger partial charge in [-0.3, -0.25) is 0 Å². The first-order valence-corrected chi connectivity index (χ1v) is 7.07. The van der Waals surface area contributed by atoms with Crippen LogP contribution in [0.5, 0.6) is 0 Å². The van der Waals surface area contributed by atoms with E-state index in [0.29, 0.717) is 5.82 Å². The first-order chi connectivity index (χ1) is 8.34. The third-order valence-corrected chi connectivity index (χ3v) is 3.85. The lowest BCUT2D eigenvalue weighted by Gasteiger charge is -2.17. The summed E-state index contributed by atoms with van der Waals surface area (Å²) in [6.45, 7) is 8.05. The summed E-state index contributed by atoms with van der Waals surface area (Å²) in [7, 11) is 0. The van der Waals surface area contributed by atoms with Crippen molar-refractivity contribution in [3.05, 3.63) is 17.7 Å². The molecule has 0 saturated carbocycles. The summed E-state index contributed by atoms with van der Waals surface area (Å²) in [6.07, 6.45) is 0. The molecule has 0 atom stereocenters. The molecule has 0 aromatic carbocycles. The fourth-order valence-corrected chi connectivity index (χ4v) is 2.85. The Labute approximate surface area is 114 Å². The van der Waals surface area contributed by atoms with Crippen molar-refractivity contribution >= 4 is 29.1 Å². The van der Waals surface area contributed by atoms with Gasteiger partial charge in [-0.25, -0.2) is 15.0 Å². The van der Waals surface area contributed by atoms with Gasteiger partial charge in [-0.05, 0) is 30.2 Å². The minimum absolute atomic E-state index is 0.123. The van der Waals surface area contributed by atoms with Gasteiger partial charge in [-0.15, -0.1) is 0 Å². The molecule has 0 fully saturated rings. The van der Waals surface area contributed by atoms with Crippen molar-refractivity contribution in [2.45, 2.75) is 42.5 Å². The maximum Gasteiger partial charge on any atom is 0.176 e. The molecule has 2 rings (SSSR count). The second kappa shape index (κ2) is 4.81. The van der Waals surface area contributed by atoms with E-state index in [-0.39, 0.29) is 5.41 Å². The number of aryl methyl sites for hydroxylation is 1. The molecule has 2 heterocycles. The van der Waals surface area contributed by atoms with Crippen LogP contribution in [0.4, 0.5) is 5.82 Å². The highest BCUT2D eigenvalue weighted by Gasteiger charge is 2.19. The summed E-state index contributed by atoms with van der Waals surface area (Å²) < 4.78 is 5.01. The molecule has 2 aromatic heterocycles. The molecule has 96 valence electrons. The Morgan fingerprint density at radius 2 is 1.94 bits per heavy atom. The summed E-state index contributed by atoms with van der Waals surface area (Å²) in [5.41, 5.74) is 5.69. The Hall–Kier alpha value is -1.21. The van der Waals surface area contributed by atoms with Gasteiger partial charge >= 0.3 is 0 Å². The number of hydrogen-bond acceptors (Lipinski definition) is 7. The van der Waals surface area contributed by atoms with Gasteiger partial charge in [0.25, 0.3) is 0 Å². The van der Waals surface area contributed by atoms with Crippen LogP contribution < -0.4 is 5.73 Å². The Balaban J connectivity index is 2.31. The lowest BCUT2D eigenvalue weighted by Crippen LogP contribution is -2.17. The topological polar surface area (TPSA) is 77.6 Å². The van der Waals surface area contributed by atoms with Crippen LogP contribution in [0.1, 0.15) is 32.4 Å². The molecule has 7 heteroatoms. The number of nitrogen functional groups attached to an aromatic ring is 1. The second-order valence-electron chi connectivity index (χ2n) is 4.91. The van der Waals surface area contributed by atoms with Crippen LogP contribution in [0.15, 0.2) is 15.4 Å². The van der Waals surface area contributed by atoms with Gasteiger partial charge < -0.3 is 5.73 Å². The molecule has 0 aliphatic carbocycles. The highest BCUT2D eigenvalue weighted by Crippen LogP contribution is 2.30. The first kappa shape index (κ1) is 13.2. The molecule has 0 radical (unpaired) electrons. The monoisotopic (exact) mass is 281 g/mol. The van der Waals surface area contributed by atoms with E-state index in [1.54, 1.807) is 6.07 Å². The van der Waals surface area contributed by atoms with Crippen molar-refractivity contribution < 1.29 is 0 Å². The average molecular weight is 281 g/mol. The Morgan fingerprint density at radius 1 is 1.22 bits per heavy atom. The Bertz CT molecular complexity index is 559. The molecule has 2 N–H and O–H groups in total. The summed E-state index contributed by atoms with van der Waals surface area (Å²) in [6, 6.07) is 1.76. The van der Waals surface area contributed by atoms with Crippen LogP contribution in [-0.2, 0) is 5.41 Å². The number of aromatic nitrogens is 4. The molecule has 18 heavy (non-hydrogen) atoms. The van der Waals surface area contributed by atoms with Crippen molar-refractivity contribution in [1.29, 1.82) is 0 Å². The molecule has 5 nitrogen and oxygen atoms in total. The first-order valence-electron chi connectivity index (χ1n) is 5.48. The van der Waals surface area contributed by atoms with E-state index in [4.69, 9.17) is 5.73 Å². The van der Waals surface area contributed by atoms with Gasteiger partial charge in [-0.1, -0.05) is 20.8 Å². The second-order valence-corrected chi connectivity index (χ2v) is 6.93. The molecule has 0 bridgehead atoms. The maximum absolute atomic E-state index is 5.82. The van der Waals surface area contributed by atoms with Crippen LogP contribution in [0, 0.1) is 6.92 Å². The van der Waals surface area contributed by atoms with Gasteiger partial charge in [0, 0.05) is 11.5 Å². The predicted octanol–water partition coefficient (Wildman–Crippen LogP) is 2.67. The van der Waals surface area contributed by atoms with Crippen LogP contribution in [0.2, 0.25) is 0 Å². The van der Waals surface area contributed by atoms with Crippen LogP contribution in [0.25, 0.3) is 0 Å². The zero-order chi connectivity index (χ0) is 13.3. The fourth-order valence-electron chi connectivity index (χ4n) is 1.24.